The molecule has 0 radical (unpaired) electrons. The fourth-order valence-electron chi connectivity index (χ4n) is 1.73. The molecule has 0 saturated heterocycles. The molecule has 0 saturated carbocycles. The molecule has 0 aliphatic heterocycles. The molecule has 2 rings (SSSR count). The van der Waals surface area contributed by atoms with E-state index in [2.05, 4.69) is 34.6 Å². The van der Waals surface area contributed by atoms with E-state index in [9.17, 15) is 0 Å². The van der Waals surface area contributed by atoms with Gasteiger partial charge in [0.25, 0.3) is 0 Å². The van der Waals surface area contributed by atoms with Crippen LogP contribution in [0.3, 0.4) is 0 Å². The molecule has 0 amide bonds. The predicted octanol–water partition coefficient (Wildman–Crippen LogP) is 2.72. The van der Waals surface area contributed by atoms with Gasteiger partial charge in [0, 0.05) is 0 Å². The lowest BCUT2D eigenvalue weighted by atomic mass is 10.2. The number of nitrogens with one attached hydrogen (secondary N) is 1. The third-order valence-corrected chi connectivity index (χ3v) is 2.75. The molecule has 0 fully saturated rings. The lowest BCUT2D eigenvalue weighted by Gasteiger charge is -2.07. The highest BCUT2D eigenvalue weighted by atomic mass is 16.4. The zero-order valence-corrected chi connectivity index (χ0v) is 10.9. The van der Waals surface area contributed by atoms with Gasteiger partial charge < -0.3 is 9.73 Å². The molecule has 4 heteroatoms. The second-order valence-electron chi connectivity index (χ2n) is 4.37. The average Bonchev–Trinajstić information content (AvgIpc) is 2.86. The predicted molar refractivity (Wildman–Crippen MR) is 70.3 cm³/mol. The van der Waals surface area contributed by atoms with Crippen LogP contribution in [0.15, 0.2) is 34.7 Å². The van der Waals surface area contributed by atoms with E-state index in [4.69, 9.17) is 4.42 Å². The molecule has 18 heavy (non-hydrogen) atoms. The molecule has 2 aromatic rings. The van der Waals surface area contributed by atoms with Crippen molar-refractivity contribution in [3.05, 3.63) is 47.7 Å². The van der Waals surface area contributed by atoms with Gasteiger partial charge in [0.1, 0.15) is 0 Å². The Morgan fingerprint density at radius 1 is 1.22 bits per heavy atom. The molecule has 1 atom stereocenters. The van der Waals surface area contributed by atoms with Crippen LogP contribution in [0.25, 0.3) is 0 Å². The maximum atomic E-state index is 5.66. The third-order valence-electron chi connectivity index (χ3n) is 2.75. The summed E-state index contributed by atoms with van der Waals surface area (Å²) in [6, 6.07) is 10.3. The van der Waals surface area contributed by atoms with Crippen molar-refractivity contribution >= 4 is 0 Å². The molecule has 1 N–H and O–H groups in total. The van der Waals surface area contributed by atoms with Gasteiger partial charge >= 0.3 is 0 Å². The van der Waals surface area contributed by atoms with Gasteiger partial charge in [-0.2, -0.15) is 0 Å². The summed E-state index contributed by atoms with van der Waals surface area (Å²) in [6.45, 7) is 5.13. The summed E-state index contributed by atoms with van der Waals surface area (Å²) in [7, 11) is 0. The van der Waals surface area contributed by atoms with E-state index in [0.717, 1.165) is 13.0 Å². The summed E-state index contributed by atoms with van der Waals surface area (Å²) in [4.78, 5) is 0. The summed E-state index contributed by atoms with van der Waals surface area (Å²) in [5.41, 5.74) is 1.18. The summed E-state index contributed by atoms with van der Waals surface area (Å²) in [5, 5.41) is 11.5. The second kappa shape index (κ2) is 6.31. The highest BCUT2D eigenvalue weighted by Gasteiger charge is 2.12. The number of hydrogen-bond acceptors (Lipinski definition) is 4. The Morgan fingerprint density at radius 3 is 2.72 bits per heavy atom. The van der Waals surface area contributed by atoms with Crippen molar-refractivity contribution in [2.45, 2.75) is 32.7 Å². The van der Waals surface area contributed by atoms with Gasteiger partial charge in [0.15, 0.2) is 0 Å². The maximum absolute atomic E-state index is 5.66. The topological polar surface area (TPSA) is 51.0 Å². The number of nitrogens with zero attached hydrogens (tertiary/aromatic N) is 2. The Kier molecular flexibility index (Phi) is 4.47. The van der Waals surface area contributed by atoms with E-state index in [-0.39, 0.29) is 6.04 Å². The SMILES string of the molecule is CCCNC(C)c1nnc(Cc2ccccc2)o1. The number of aromatic nitrogens is 2. The monoisotopic (exact) mass is 245 g/mol. The van der Waals surface area contributed by atoms with Crippen molar-refractivity contribution in [2.75, 3.05) is 6.54 Å². The van der Waals surface area contributed by atoms with Crippen molar-refractivity contribution in [2.24, 2.45) is 0 Å². The molecule has 0 aliphatic carbocycles. The van der Waals surface area contributed by atoms with Crippen molar-refractivity contribution in [1.29, 1.82) is 0 Å². The van der Waals surface area contributed by atoms with Crippen LogP contribution in [0.5, 0.6) is 0 Å². The molecule has 1 aromatic heterocycles. The van der Waals surface area contributed by atoms with Crippen LogP contribution < -0.4 is 5.32 Å². The van der Waals surface area contributed by atoms with Gasteiger partial charge in [-0.1, -0.05) is 37.3 Å². The average molecular weight is 245 g/mol. The minimum absolute atomic E-state index is 0.113. The summed E-state index contributed by atoms with van der Waals surface area (Å²) in [6.07, 6.45) is 1.78. The van der Waals surface area contributed by atoms with Gasteiger partial charge in [-0.05, 0) is 25.5 Å². The fraction of sp³-hybridized carbons (Fsp3) is 0.429. The van der Waals surface area contributed by atoms with E-state index in [1.54, 1.807) is 0 Å². The Bertz CT molecular complexity index is 467. The number of hydrogen-bond donors (Lipinski definition) is 1. The highest BCUT2D eigenvalue weighted by Crippen LogP contribution is 2.13. The summed E-state index contributed by atoms with van der Waals surface area (Å²) in [5.74, 6) is 1.33. The van der Waals surface area contributed by atoms with Crippen LogP contribution in [0.4, 0.5) is 0 Å². The maximum Gasteiger partial charge on any atom is 0.233 e. The number of benzene rings is 1. The first-order valence-corrected chi connectivity index (χ1v) is 6.39. The molecular weight excluding hydrogens is 226 g/mol. The van der Waals surface area contributed by atoms with Crippen LogP contribution >= 0.6 is 0 Å². The number of rotatable bonds is 6. The molecule has 0 aliphatic rings. The van der Waals surface area contributed by atoms with Crippen molar-refractivity contribution in [1.82, 2.24) is 15.5 Å². The first-order valence-electron chi connectivity index (χ1n) is 6.39. The van der Waals surface area contributed by atoms with E-state index < -0.39 is 0 Å². The standard InChI is InChI=1S/C14H19N3O/c1-3-9-15-11(2)14-17-16-13(18-14)10-12-7-5-4-6-8-12/h4-8,11,15H,3,9-10H2,1-2H3. The van der Waals surface area contributed by atoms with E-state index in [0.29, 0.717) is 18.2 Å². The molecule has 1 aromatic carbocycles. The largest absolute Gasteiger partial charge is 0.423 e. The van der Waals surface area contributed by atoms with E-state index in [1.165, 1.54) is 5.56 Å². The van der Waals surface area contributed by atoms with Crippen LogP contribution in [0.1, 0.15) is 43.7 Å². The minimum Gasteiger partial charge on any atom is -0.423 e. The normalized spacial score (nSPS) is 12.6. The Balaban J connectivity index is 1.98. The third kappa shape index (κ3) is 3.40. The first-order chi connectivity index (χ1) is 8.79. The van der Waals surface area contributed by atoms with Crippen molar-refractivity contribution in [3.8, 4) is 0 Å². The lowest BCUT2D eigenvalue weighted by molar-refractivity contribution is 0.397. The minimum atomic E-state index is 0.113. The van der Waals surface area contributed by atoms with Gasteiger partial charge in [-0.15, -0.1) is 10.2 Å². The van der Waals surface area contributed by atoms with Crippen LogP contribution in [-0.2, 0) is 6.42 Å². The summed E-state index contributed by atoms with van der Waals surface area (Å²) < 4.78 is 5.66. The lowest BCUT2D eigenvalue weighted by Crippen LogP contribution is -2.19. The van der Waals surface area contributed by atoms with E-state index >= 15 is 0 Å². The van der Waals surface area contributed by atoms with Crippen molar-refractivity contribution < 1.29 is 4.42 Å². The second-order valence-corrected chi connectivity index (χ2v) is 4.37. The van der Waals surface area contributed by atoms with Crippen molar-refractivity contribution in [3.63, 3.8) is 0 Å². The van der Waals surface area contributed by atoms with Gasteiger partial charge in [0.2, 0.25) is 11.8 Å². The zero-order valence-electron chi connectivity index (χ0n) is 10.9. The molecular formula is C14H19N3O. The Morgan fingerprint density at radius 2 is 2.00 bits per heavy atom. The fourth-order valence-corrected chi connectivity index (χ4v) is 1.73. The molecule has 0 bridgehead atoms. The zero-order chi connectivity index (χ0) is 12.8. The molecule has 96 valence electrons. The van der Waals surface area contributed by atoms with Gasteiger partial charge in [0.05, 0.1) is 12.5 Å². The van der Waals surface area contributed by atoms with Crippen LogP contribution in [0.2, 0.25) is 0 Å². The Hall–Kier alpha value is -1.68. The van der Waals surface area contributed by atoms with Gasteiger partial charge in [-0.3, -0.25) is 0 Å². The smallest absolute Gasteiger partial charge is 0.233 e. The van der Waals surface area contributed by atoms with E-state index in [1.807, 2.05) is 25.1 Å². The highest BCUT2D eigenvalue weighted by molar-refractivity contribution is 5.17. The first kappa shape index (κ1) is 12.8. The molecule has 1 heterocycles. The van der Waals surface area contributed by atoms with Crippen LogP contribution in [-0.4, -0.2) is 16.7 Å². The Labute approximate surface area is 107 Å². The van der Waals surface area contributed by atoms with Gasteiger partial charge in [-0.25, -0.2) is 0 Å². The summed E-state index contributed by atoms with van der Waals surface area (Å²) >= 11 is 0. The van der Waals surface area contributed by atoms with Crippen LogP contribution in [0, 0.1) is 0 Å². The quantitative estimate of drug-likeness (QED) is 0.850. The molecule has 0 spiro atoms. The molecule has 1 unspecified atom stereocenters. The molecule has 4 nitrogen and oxygen atoms in total.